The van der Waals surface area contributed by atoms with Crippen molar-refractivity contribution in [3.05, 3.63) is 34.4 Å². The van der Waals surface area contributed by atoms with Gasteiger partial charge in [-0.2, -0.15) is 0 Å². The van der Waals surface area contributed by atoms with E-state index in [0.29, 0.717) is 0 Å². The van der Waals surface area contributed by atoms with Gasteiger partial charge in [-0.1, -0.05) is 19.3 Å². The monoisotopic (exact) mass is 249 g/mol. The van der Waals surface area contributed by atoms with Gasteiger partial charge in [-0.05, 0) is 25.0 Å². The minimum Gasteiger partial charge on any atom is -0.383 e. The van der Waals surface area contributed by atoms with E-state index in [0.717, 1.165) is 25.1 Å². The fourth-order valence-electron chi connectivity index (χ4n) is 2.41. The fraction of sp³-hybridized carbons (Fsp3) is 0.538. The molecule has 1 saturated carbocycles. The van der Waals surface area contributed by atoms with Gasteiger partial charge >= 0.3 is 0 Å². The van der Waals surface area contributed by atoms with E-state index < -0.39 is 4.92 Å². The third-order valence-corrected chi connectivity index (χ3v) is 3.57. The van der Waals surface area contributed by atoms with Gasteiger partial charge in [0, 0.05) is 29.9 Å². The zero-order chi connectivity index (χ0) is 13.0. The summed E-state index contributed by atoms with van der Waals surface area (Å²) in [5.41, 5.74) is 7.19. The number of nitro groups is 1. The number of nitro benzene ring substituents is 1. The van der Waals surface area contributed by atoms with E-state index in [4.69, 9.17) is 5.73 Å². The second kappa shape index (κ2) is 5.35. The first-order chi connectivity index (χ1) is 8.59. The lowest BCUT2D eigenvalue weighted by Crippen LogP contribution is -2.47. The summed E-state index contributed by atoms with van der Waals surface area (Å²) in [5.74, 6) is 0. The minimum atomic E-state index is -0.394. The van der Waals surface area contributed by atoms with Gasteiger partial charge in [0.25, 0.3) is 5.69 Å². The highest BCUT2D eigenvalue weighted by Crippen LogP contribution is 2.26. The molecule has 3 N–H and O–H groups in total. The van der Waals surface area contributed by atoms with Gasteiger partial charge in [-0.3, -0.25) is 10.1 Å². The Kier molecular flexibility index (Phi) is 3.81. The molecule has 0 spiro atoms. The van der Waals surface area contributed by atoms with Crippen molar-refractivity contribution in [2.45, 2.75) is 37.6 Å². The van der Waals surface area contributed by atoms with Crippen molar-refractivity contribution < 1.29 is 4.92 Å². The van der Waals surface area contributed by atoms with Gasteiger partial charge in [-0.25, -0.2) is 0 Å². The van der Waals surface area contributed by atoms with Crippen molar-refractivity contribution >= 4 is 11.4 Å². The molecule has 0 atom stereocenters. The number of hydrogen-bond acceptors (Lipinski definition) is 4. The van der Waals surface area contributed by atoms with Crippen molar-refractivity contribution in [3.63, 3.8) is 0 Å². The molecule has 1 aliphatic carbocycles. The van der Waals surface area contributed by atoms with E-state index in [1.54, 1.807) is 12.1 Å². The second-order valence-corrected chi connectivity index (χ2v) is 5.08. The third-order valence-electron chi connectivity index (χ3n) is 3.57. The first-order valence-corrected chi connectivity index (χ1v) is 6.36. The van der Waals surface area contributed by atoms with Crippen molar-refractivity contribution in [3.8, 4) is 0 Å². The maximum Gasteiger partial charge on any atom is 0.269 e. The lowest BCUT2D eigenvalue weighted by Gasteiger charge is -2.33. The van der Waals surface area contributed by atoms with Crippen LogP contribution >= 0.6 is 0 Å². The molecule has 5 heteroatoms. The Morgan fingerprint density at radius 2 is 1.83 bits per heavy atom. The number of benzene rings is 1. The maximum atomic E-state index is 10.5. The summed E-state index contributed by atoms with van der Waals surface area (Å²) in [6.45, 7) is 0.727. The highest BCUT2D eigenvalue weighted by atomic mass is 16.6. The fourth-order valence-corrected chi connectivity index (χ4v) is 2.41. The summed E-state index contributed by atoms with van der Waals surface area (Å²) in [6, 6.07) is 6.47. The average Bonchev–Trinajstić information content (AvgIpc) is 2.38. The zero-order valence-corrected chi connectivity index (χ0v) is 10.4. The molecule has 0 aromatic heterocycles. The predicted octanol–water partition coefficient (Wildman–Crippen LogP) is 2.67. The van der Waals surface area contributed by atoms with Crippen molar-refractivity contribution in [1.29, 1.82) is 0 Å². The van der Waals surface area contributed by atoms with Crippen LogP contribution in [0.25, 0.3) is 0 Å². The van der Waals surface area contributed by atoms with Crippen molar-refractivity contribution in [2.75, 3.05) is 11.9 Å². The predicted molar refractivity (Wildman–Crippen MR) is 71.6 cm³/mol. The topological polar surface area (TPSA) is 81.2 Å². The molecule has 0 saturated heterocycles. The molecule has 98 valence electrons. The summed E-state index contributed by atoms with van der Waals surface area (Å²) in [4.78, 5) is 10.1. The van der Waals surface area contributed by atoms with E-state index in [2.05, 4.69) is 5.32 Å². The van der Waals surface area contributed by atoms with Crippen LogP contribution in [0.3, 0.4) is 0 Å². The first-order valence-electron chi connectivity index (χ1n) is 6.36. The molecule has 0 radical (unpaired) electrons. The molecule has 1 aliphatic rings. The Hall–Kier alpha value is -1.62. The molecular formula is C13H19N3O2. The molecule has 0 aliphatic heterocycles. The number of nitrogens with zero attached hydrogens (tertiary/aromatic N) is 1. The van der Waals surface area contributed by atoms with Crippen LogP contribution in [0.5, 0.6) is 0 Å². The van der Waals surface area contributed by atoms with E-state index in [-0.39, 0.29) is 11.2 Å². The van der Waals surface area contributed by atoms with E-state index >= 15 is 0 Å². The summed E-state index contributed by atoms with van der Waals surface area (Å²) >= 11 is 0. The van der Waals surface area contributed by atoms with Crippen LogP contribution in [0.1, 0.15) is 32.1 Å². The van der Waals surface area contributed by atoms with Crippen LogP contribution in [-0.2, 0) is 0 Å². The molecule has 1 aromatic rings. The molecule has 5 nitrogen and oxygen atoms in total. The molecule has 0 unspecified atom stereocenters. The average molecular weight is 249 g/mol. The normalized spacial score (nSPS) is 18.3. The van der Waals surface area contributed by atoms with Gasteiger partial charge in [0.2, 0.25) is 0 Å². The number of anilines is 1. The molecule has 2 rings (SSSR count). The van der Waals surface area contributed by atoms with Crippen LogP contribution in [-0.4, -0.2) is 17.0 Å². The molecule has 0 bridgehead atoms. The highest BCUT2D eigenvalue weighted by Gasteiger charge is 2.26. The Labute approximate surface area is 107 Å². The SMILES string of the molecule is NC1(CNc2ccc([N+](=O)[O-])cc2)CCCCC1. The van der Waals surface area contributed by atoms with Crippen LogP contribution in [0.4, 0.5) is 11.4 Å². The Morgan fingerprint density at radius 1 is 1.22 bits per heavy atom. The molecule has 18 heavy (non-hydrogen) atoms. The van der Waals surface area contributed by atoms with E-state index in [9.17, 15) is 10.1 Å². The van der Waals surface area contributed by atoms with Gasteiger partial charge < -0.3 is 11.1 Å². The van der Waals surface area contributed by atoms with Crippen LogP contribution < -0.4 is 11.1 Å². The van der Waals surface area contributed by atoms with Gasteiger partial charge in [0.15, 0.2) is 0 Å². The lowest BCUT2D eigenvalue weighted by atomic mass is 9.82. The summed E-state index contributed by atoms with van der Waals surface area (Å²) in [6.07, 6.45) is 5.76. The number of non-ortho nitro benzene ring substituents is 1. The van der Waals surface area contributed by atoms with E-state index in [1.165, 1.54) is 31.4 Å². The third kappa shape index (κ3) is 3.20. The second-order valence-electron chi connectivity index (χ2n) is 5.08. The van der Waals surface area contributed by atoms with Crippen LogP contribution in [0.2, 0.25) is 0 Å². The Bertz CT molecular complexity index is 411. The number of rotatable bonds is 4. The summed E-state index contributed by atoms with van der Waals surface area (Å²) in [7, 11) is 0. The molecule has 1 aromatic carbocycles. The quantitative estimate of drug-likeness (QED) is 0.635. The molecule has 1 fully saturated rings. The minimum absolute atomic E-state index is 0.112. The van der Waals surface area contributed by atoms with Gasteiger partial charge in [0.1, 0.15) is 0 Å². The Morgan fingerprint density at radius 3 is 2.39 bits per heavy atom. The van der Waals surface area contributed by atoms with E-state index in [1.807, 2.05) is 0 Å². The largest absolute Gasteiger partial charge is 0.383 e. The first kappa shape index (κ1) is 12.8. The van der Waals surface area contributed by atoms with Crippen LogP contribution in [0, 0.1) is 10.1 Å². The standard InChI is InChI=1S/C13H19N3O2/c14-13(8-2-1-3-9-13)10-15-11-4-6-12(7-5-11)16(17)18/h4-7,15H,1-3,8-10,14H2. The maximum absolute atomic E-state index is 10.5. The molecule has 0 amide bonds. The molecule has 0 heterocycles. The van der Waals surface area contributed by atoms with Gasteiger partial charge in [-0.15, -0.1) is 0 Å². The summed E-state index contributed by atoms with van der Waals surface area (Å²) in [5, 5.41) is 13.8. The number of nitrogens with two attached hydrogens (primary N) is 1. The summed E-state index contributed by atoms with van der Waals surface area (Å²) < 4.78 is 0. The van der Waals surface area contributed by atoms with Gasteiger partial charge in [0.05, 0.1) is 4.92 Å². The van der Waals surface area contributed by atoms with Crippen LogP contribution in [0.15, 0.2) is 24.3 Å². The molecular weight excluding hydrogens is 230 g/mol. The number of nitrogens with one attached hydrogen (secondary N) is 1. The van der Waals surface area contributed by atoms with Crippen molar-refractivity contribution in [1.82, 2.24) is 0 Å². The highest BCUT2D eigenvalue weighted by molar-refractivity contribution is 5.48. The Balaban J connectivity index is 1.91. The smallest absolute Gasteiger partial charge is 0.269 e. The number of hydrogen-bond donors (Lipinski definition) is 2. The van der Waals surface area contributed by atoms with Crippen molar-refractivity contribution in [2.24, 2.45) is 5.73 Å². The zero-order valence-electron chi connectivity index (χ0n) is 10.4. The lowest BCUT2D eigenvalue weighted by molar-refractivity contribution is -0.384.